The van der Waals surface area contributed by atoms with Gasteiger partial charge in [-0.25, -0.2) is 0 Å². The lowest BCUT2D eigenvalue weighted by atomic mass is 9.93. The summed E-state index contributed by atoms with van der Waals surface area (Å²) in [6, 6.07) is 19.3. The van der Waals surface area contributed by atoms with Crippen molar-refractivity contribution in [2.45, 2.75) is 25.4 Å². The zero-order chi connectivity index (χ0) is 18.5. The molecule has 4 nitrogen and oxygen atoms in total. The van der Waals surface area contributed by atoms with Crippen molar-refractivity contribution < 1.29 is 4.79 Å². The molecule has 1 aliphatic heterocycles. The van der Waals surface area contributed by atoms with E-state index in [9.17, 15) is 4.79 Å². The van der Waals surface area contributed by atoms with Crippen LogP contribution in [0.15, 0.2) is 54.6 Å². The van der Waals surface area contributed by atoms with Gasteiger partial charge in [0.1, 0.15) is 0 Å². The normalized spacial score (nSPS) is 20.5. The van der Waals surface area contributed by atoms with E-state index < -0.39 is 0 Å². The molecule has 0 bridgehead atoms. The molecule has 0 saturated carbocycles. The lowest BCUT2D eigenvalue weighted by Gasteiger charge is -2.25. The van der Waals surface area contributed by atoms with Crippen molar-refractivity contribution in [2.24, 2.45) is 0 Å². The number of benzene rings is 2. The molecule has 1 N–H and O–H groups in total. The van der Waals surface area contributed by atoms with Gasteiger partial charge in [0, 0.05) is 31.6 Å². The average Bonchev–Trinajstić information content (AvgIpc) is 3.05. The van der Waals surface area contributed by atoms with Crippen LogP contribution in [0.25, 0.3) is 0 Å². The number of nitrogens with one attached hydrogen (secondary N) is 1. The van der Waals surface area contributed by atoms with Gasteiger partial charge in [0.05, 0.1) is 6.54 Å². The van der Waals surface area contributed by atoms with Gasteiger partial charge in [-0.3, -0.25) is 9.69 Å². The van der Waals surface area contributed by atoms with E-state index >= 15 is 0 Å². The van der Waals surface area contributed by atoms with E-state index in [1.807, 2.05) is 30.3 Å². The van der Waals surface area contributed by atoms with Crippen molar-refractivity contribution in [3.05, 3.63) is 71.3 Å². The van der Waals surface area contributed by atoms with Crippen molar-refractivity contribution >= 4 is 5.91 Å². The highest BCUT2D eigenvalue weighted by molar-refractivity contribution is 5.78. The van der Waals surface area contributed by atoms with Crippen LogP contribution >= 0.6 is 0 Å². The average molecular weight is 351 g/mol. The summed E-state index contributed by atoms with van der Waals surface area (Å²) in [5.41, 5.74) is 3.78. The molecule has 0 aromatic heterocycles. The van der Waals surface area contributed by atoms with Crippen molar-refractivity contribution in [2.75, 3.05) is 33.7 Å². The number of carbonyl (C=O) groups is 1. The Labute approximate surface area is 156 Å². The highest BCUT2D eigenvalue weighted by atomic mass is 16.2. The van der Waals surface area contributed by atoms with E-state index in [-0.39, 0.29) is 5.91 Å². The van der Waals surface area contributed by atoms with Crippen LogP contribution in [0, 0.1) is 6.92 Å². The van der Waals surface area contributed by atoms with Crippen LogP contribution in [0.5, 0.6) is 0 Å². The first-order valence-corrected chi connectivity index (χ1v) is 9.29. The maximum absolute atomic E-state index is 12.4. The molecule has 2 aromatic carbocycles. The Bertz CT molecular complexity index is 712. The minimum Gasteiger partial charge on any atom is -0.351 e. The number of hydrogen-bond donors (Lipinski definition) is 1. The molecular formula is C22H29N3O. The predicted octanol–water partition coefficient (Wildman–Crippen LogP) is 2.64. The van der Waals surface area contributed by atoms with E-state index in [1.54, 1.807) is 0 Å². The van der Waals surface area contributed by atoms with Crippen LogP contribution in [0.3, 0.4) is 0 Å². The Balaban J connectivity index is 1.58. The predicted molar refractivity (Wildman–Crippen MR) is 106 cm³/mol. The largest absolute Gasteiger partial charge is 0.351 e. The molecule has 0 radical (unpaired) electrons. The maximum Gasteiger partial charge on any atom is 0.234 e. The number of likely N-dealkylation sites (tertiary alicyclic amines) is 1. The van der Waals surface area contributed by atoms with Gasteiger partial charge < -0.3 is 10.2 Å². The van der Waals surface area contributed by atoms with Crippen molar-refractivity contribution in [1.29, 1.82) is 0 Å². The molecule has 2 aromatic rings. The van der Waals surface area contributed by atoms with Crippen molar-refractivity contribution in [1.82, 2.24) is 15.1 Å². The van der Waals surface area contributed by atoms with Crippen LogP contribution in [0.4, 0.5) is 0 Å². The smallest absolute Gasteiger partial charge is 0.234 e. The SMILES string of the molecule is Cc1ccc([C@@H]2CN(CC(=O)NCc3ccccc3)C[C@H]2N(C)C)cc1. The Morgan fingerprint density at radius 1 is 1.08 bits per heavy atom. The molecule has 1 heterocycles. The summed E-state index contributed by atoms with van der Waals surface area (Å²) in [5, 5.41) is 3.04. The Morgan fingerprint density at radius 3 is 2.42 bits per heavy atom. The summed E-state index contributed by atoms with van der Waals surface area (Å²) in [5.74, 6) is 0.531. The number of hydrogen-bond acceptors (Lipinski definition) is 3. The Morgan fingerprint density at radius 2 is 1.77 bits per heavy atom. The number of aryl methyl sites for hydroxylation is 1. The highest BCUT2D eigenvalue weighted by Crippen LogP contribution is 2.30. The third kappa shape index (κ3) is 4.71. The molecule has 0 aliphatic carbocycles. The fraction of sp³-hybridized carbons (Fsp3) is 0.409. The van der Waals surface area contributed by atoms with Crippen LogP contribution in [0.2, 0.25) is 0 Å². The van der Waals surface area contributed by atoms with Gasteiger partial charge in [0.2, 0.25) is 5.91 Å². The Kier molecular flexibility index (Phi) is 6.07. The minimum absolute atomic E-state index is 0.0934. The molecule has 1 fully saturated rings. The molecule has 0 unspecified atom stereocenters. The zero-order valence-corrected chi connectivity index (χ0v) is 16.0. The van der Waals surface area contributed by atoms with Crippen LogP contribution in [0.1, 0.15) is 22.6 Å². The van der Waals surface area contributed by atoms with Gasteiger partial charge in [-0.1, -0.05) is 60.2 Å². The zero-order valence-electron chi connectivity index (χ0n) is 16.0. The van der Waals surface area contributed by atoms with Gasteiger partial charge in [-0.05, 0) is 32.1 Å². The number of amides is 1. The monoisotopic (exact) mass is 351 g/mol. The molecule has 2 atom stereocenters. The van der Waals surface area contributed by atoms with Gasteiger partial charge in [-0.15, -0.1) is 0 Å². The molecule has 3 rings (SSSR count). The number of likely N-dealkylation sites (N-methyl/N-ethyl adjacent to an activating group) is 1. The molecule has 4 heteroatoms. The van der Waals surface area contributed by atoms with E-state index in [1.165, 1.54) is 11.1 Å². The Hall–Kier alpha value is -2.17. The summed E-state index contributed by atoms with van der Waals surface area (Å²) >= 11 is 0. The third-order valence-corrected chi connectivity index (χ3v) is 5.23. The third-order valence-electron chi connectivity index (χ3n) is 5.23. The lowest BCUT2D eigenvalue weighted by Crippen LogP contribution is -2.38. The molecule has 1 aliphatic rings. The van der Waals surface area contributed by atoms with Gasteiger partial charge in [0.25, 0.3) is 0 Å². The summed E-state index contributed by atoms with van der Waals surface area (Å²) in [6.07, 6.45) is 0. The molecule has 1 saturated heterocycles. The fourth-order valence-corrected chi connectivity index (χ4v) is 3.72. The van der Waals surface area contributed by atoms with E-state index in [2.05, 4.69) is 60.4 Å². The summed E-state index contributed by atoms with van der Waals surface area (Å²) in [4.78, 5) is 16.9. The molecule has 26 heavy (non-hydrogen) atoms. The van der Waals surface area contributed by atoms with Crippen molar-refractivity contribution in [3.8, 4) is 0 Å². The van der Waals surface area contributed by atoms with E-state index in [4.69, 9.17) is 0 Å². The van der Waals surface area contributed by atoms with E-state index in [0.717, 1.165) is 18.7 Å². The second-order valence-electron chi connectivity index (χ2n) is 7.50. The number of carbonyl (C=O) groups excluding carboxylic acids is 1. The minimum atomic E-state index is 0.0934. The van der Waals surface area contributed by atoms with Crippen molar-refractivity contribution in [3.63, 3.8) is 0 Å². The quantitative estimate of drug-likeness (QED) is 0.869. The highest BCUT2D eigenvalue weighted by Gasteiger charge is 2.35. The fourth-order valence-electron chi connectivity index (χ4n) is 3.72. The van der Waals surface area contributed by atoms with Gasteiger partial charge in [0.15, 0.2) is 0 Å². The summed E-state index contributed by atoms with van der Waals surface area (Å²) in [7, 11) is 4.26. The number of nitrogens with zero attached hydrogens (tertiary/aromatic N) is 2. The first-order chi connectivity index (χ1) is 12.5. The topological polar surface area (TPSA) is 35.6 Å². The standard InChI is InChI=1S/C22H29N3O/c1-17-9-11-19(12-10-17)20-14-25(15-21(20)24(2)3)16-22(26)23-13-18-7-5-4-6-8-18/h4-12,20-21H,13-16H2,1-3H3,(H,23,26)/t20-,21+/m0/s1. The van der Waals surface area contributed by atoms with Gasteiger partial charge in [-0.2, -0.15) is 0 Å². The molecule has 1 amide bonds. The first kappa shape index (κ1) is 18.6. The molecule has 138 valence electrons. The first-order valence-electron chi connectivity index (χ1n) is 9.29. The van der Waals surface area contributed by atoms with Gasteiger partial charge >= 0.3 is 0 Å². The lowest BCUT2D eigenvalue weighted by molar-refractivity contribution is -0.122. The maximum atomic E-state index is 12.4. The number of rotatable bonds is 6. The van der Waals surface area contributed by atoms with Crippen LogP contribution in [-0.2, 0) is 11.3 Å². The van der Waals surface area contributed by atoms with E-state index in [0.29, 0.717) is 25.0 Å². The van der Waals surface area contributed by atoms with Crippen LogP contribution < -0.4 is 5.32 Å². The second kappa shape index (κ2) is 8.47. The molecular weight excluding hydrogens is 322 g/mol. The summed E-state index contributed by atoms with van der Waals surface area (Å²) < 4.78 is 0. The summed E-state index contributed by atoms with van der Waals surface area (Å²) in [6.45, 7) is 5.01. The second-order valence-corrected chi connectivity index (χ2v) is 7.50. The van der Waals surface area contributed by atoms with Crippen LogP contribution in [-0.4, -0.2) is 55.5 Å². The molecule has 0 spiro atoms.